The van der Waals surface area contributed by atoms with E-state index in [1.54, 1.807) is 28.4 Å². The third-order valence-corrected chi connectivity index (χ3v) is 11.4. The van der Waals surface area contributed by atoms with Crippen LogP contribution in [0, 0.1) is 0 Å². The van der Waals surface area contributed by atoms with Crippen molar-refractivity contribution < 1.29 is 23.4 Å². The second-order valence-corrected chi connectivity index (χ2v) is 15.0. The van der Waals surface area contributed by atoms with E-state index in [1.807, 2.05) is 18.2 Å². The molecule has 0 bridgehead atoms. The first-order chi connectivity index (χ1) is 16.1. The highest BCUT2D eigenvalue weighted by atomic mass is 28.4. The Kier molecular flexibility index (Phi) is 7.91. The minimum absolute atomic E-state index is 0.0811. The summed E-state index contributed by atoms with van der Waals surface area (Å²) in [7, 11) is 4.57. The molecule has 5 nitrogen and oxygen atoms in total. The van der Waals surface area contributed by atoms with E-state index in [1.165, 1.54) is 11.1 Å². The molecule has 0 amide bonds. The Morgan fingerprint density at radius 1 is 0.765 bits per heavy atom. The molecule has 0 N–H and O–H groups in total. The molecule has 1 aliphatic rings. The fraction of sp³-hybridized carbons (Fsp3) is 0.500. The molecule has 0 aromatic heterocycles. The molecule has 0 radical (unpaired) electrons. The van der Waals surface area contributed by atoms with Crippen molar-refractivity contribution in [3.8, 4) is 28.7 Å². The van der Waals surface area contributed by atoms with E-state index >= 15 is 0 Å². The molecule has 0 aliphatic heterocycles. The number of hydrogen-bond acceptors (Lipinski definition) is 5. The fourth-order valence-electron chi connectivity index (χ4n) is 4.10. The van der Waals surface area contributed by atoms with Crippen molar-refractivity contribution in [3.05, 3.63) is 47.0 Å². The van der Waals surface area contributed by atoms with Gasteiger partial charge in [-0.05, 0) is 78.7 Å². The van der Waals surface area contributed by atoms with Crippen LogP contribution < -0.4 is 23.4 Å². The third-order valence-electron chi connectivity index (χ3n) is 7.10. The molecule has 34 heavy (non-hydrogen) atoms. The van der Waals surface area contributed by atoms with E-state index in [0.29, 0.717) is 17.2 Å². The van der Waals surface area contributed by atoms with Crippen molar-refractivity contribution in [3.63, 3.8) is 0 Å². The molecule has 0 spiro atoms. The van der Waals surface area contributed by atoms with E-state index in [2.05, 4.69) is 46.0 Å². The highest BCUT2D eigenvalue weighted by molar-refractivity contribution is 6.74. The van der Waals surface area contributed by atoms with Crippen molar-refractivity contribution in [1.29, 1.82) is 0 Å². The SMILES string of the molecule is COc1cc(C2=CCCCCc3c2ccc(OC)c3O[Si](C)(C)C(C)(C)C)cc(OC)c1OC. The van der Waals surface area contributed by atoms with Gasteiger partial charge in [0.25, 0.3) is 8.32 Å². The zero-order chi connectivity index (χ0) is 25.1. The predicted octanol–water partition coefficient (Wildman–Crippen LogP) is 7.26. The highest BCUT2D eigenvalue weighted by Crippen LogP contribution is 2.47. The van der Waals surface area contributed by atoms with Gasteiger partial charge in [-0.3, -0.25) is 0 Å². The van der Waals surface area contributed by atoms with Gasteiger partial charge in [-0.25, -0.2) is 0 Å². The average molecular weight is 485 g/mol. The Morgan fingerprint density at radius 3 is 1.91 bits per heavy atom. The second-order valence-electron chi connectivity index (χ2n) is 10.3. The van der Waals surface area contributed by atoms with Crippen LogP contribution in [0.5, 0.6) is 28.7 Å². The molecule has 2 aromatic carbocycles. The van der Waals surface area contributed by atoms with Crippen molar-refractivity contribution >= 4 is 13.9 Å². The number of ether oxygens (including phenoxy) is 4. The summed E-state index contributed by atoms with van der Waals surface area (Å²) in [6.45, 7) is 11.4. The summed E-state index contributed by atoms with van der Waals surface area (Å²) in [6, 6.07) is 8.25. The van der Waals surface area contributed by atoms with Crippen LogP contribution in [0.1, 0.15) is 56.7 Å². The normalized spacial score (nSPS) is 14.3. The van der Waals surface area contributed by atoms with Gasteiger partial charge in [0.15, 0.2) is 17.2 Å². The minimum Gasteiger partial charge on any atom is -0.541 e. The molecule has 3 rings (SSSR count). The number of allylic oxidation sites excluding steroid dienone is 1. The number of rotatable bonds is 7. The smallest absolute Gasteiger partial charge is 0.250 e. The minimum atomic E-state index is -2.08. The molecular formula is C28H40O5Si. The molecule has 6 heteroatoms. The van der Waals surface area contributed by atoms with Gasteiger partial charge in [-0.15, -0.1) is 0 Å². The van der Waals surface area contributed by atoms with Crippen LogP contribution in [-0.4, -0.2) is 36.8 Å². The first kappa shape index (κ1) is 26.0. The lowest BCUT2D eigenvalue weighted by Gasteiger charge is -2.38. The summed E-state index contributed by atoms with van der Waals surface area (Å²) in [5.74, 6) is 3.58. The zero-order valence-electron chi connectivity index (χ0n) is 22.3. The van der Waals surface area contributed by atoms with Gasteiger partial charge in [0, 0.05) is 5.56 Å². The molecule has 0 unspecified atom stereocenters. The van der Waals surface area contributed by atoms with Crippen LogP contribution in [0.15, 0.2) is 30.3 Å². The molecule has 2 aromatic rings. The maximum Gasteiger partial charge on any atom is 0.250 e. The lowest BCUT2D eigenvalue weighted by molar-refractivity contribution is 0.324. The summed E-state index contributed by atoms with van der Waals surface area (Å²) in [5.41, 5.74) is 4.56. The molecule has 0 fully saturated rings. The first-order valence-electron chi connectivity index (χ1n) is 12.0. The third kappa shape index (κ3) is 5.07. The summed E-state index contributed by atoms with van der Waals surface area (Å²) < 4.78 is 29.6. The van der Waals surface area contributed by atoms with Gasteiger partial charge in [-0.2, -0.15) is 0 Å². The Bertz CT molecular complexity index is 1020. The Balaban J connectivity index is 2.24. The first-order valence-corrected chi connectivity index (χ1v) is 14.9. The van der Waals surface area contributed by atoms with Crippen molar-refractivity contribution in [1.82, 2.24) is 0 Å². The van der Waals surface area contributed by atoms with Crippen LogP contribution in [0.4, 0.5) is 0 Å². The van der Waals surface area contributed by atoms with E-state index in [9.17, 15) is 0 Å². The second kappa shape index (κ2) is 10.3. The van der Waals surface area contributed by atoms with E-state index in [4.69, 9.17) is 23.4 Å². The summed E-state index contributed by atoms with van der Waals surface area (Å²) in [5, 5.41) is 0.0811. The van der Waals surface area contributed by atoms with E-state index in [0.717, 1.165) is 48.3 Å². The van der Waals surface area contributed by atoms with Crippen LogP contribution >= 0.6 is 0 Å². The van der Waals surface area contributed by atoms with E-state index in [-0.39, 0.29) is 5.04 Å². The lowest BCUT2D eigenvalue weighted by atomic mass is 9.87. The number of benzene rings is 2. The van der Waals surface area contributed by atoms with Gasteiger partial charge >= 0.3 is 0 Å². The summed E-state index contributed by atoms with van der Waals surface area (Å²) >= 11 is 0. The number of hydrogen-bond donors (Lipinski definition) is 0. The zero-order valence-corrected chi connectivity index (χ0v) is 23.3. The molecule has 1 aliphatic carbocycles. The summed E-state index contributed by atoms with van der Waals surface area (Å²) in [4.78, 5) is 0. The monoisotopic (exact) mass is 484 g/mol. The Labute approximate surface area is 206 Å². The maximum atomic E-state index is 6.91. The molecule has 0 heterocycles. The number of methoxy groups -OCH3 is 4. The van der Waals surface area contributed by atoms with Crippen molar-refractivity contribution in [2.75, 3.05) is 28.4 Å². The highest BCUT2D eigenvalue weighted by Gasteiger charge is 2.40. The van der Waals surface area contributed by atoms with Crippen LogP contribution in [-0.2, 0) is 6.42 Å². The van der Waals surface area contributed by atoms with Crippen LogP contribution in [0.3, 0.4) is 0 Å². The Morgan fingerprint density at radius 2 is 1.38 bits per heavy atom. The number of fused-ring (bicyclic) bond motifs is 1. The molecular weight excluding hydrogens is 444 g/mol. The molecule has 0 saturated carbocycles. The summed E-state index contributed by atoms with van der Waals surface area (Å²) in [6.07, 6.45) is 6.49. The van der Waals surface area contributed by atoms with E-state index < -0.39 is 8.32 Å². The van der Waals surface area contributed by atoms with Crippen molar-refractivity contribution in [2.45, 2.75) is 64.6 Å². The van der Waals surface area contributed by atoms with Gasteiger partial charge in [-0.1, -0.05) is 32.9 Å². The lowest BCUT2D eigenvalue weighted by Crippen LogP contribution is -2.44. The van der Waals surface area contributed by atoms with Gasteiger partial charge in [0.1, 0.15) is 5.75 Å². The van der Waals surface area contributed by atoms with Crippen LogP contribution in [0.25, 0.3) is 5.57 Å². The fourth-order valence-corrected chi connectivity index (χ4v) is 5.14. The average Bonchev–Trinajstić information content (AvgIpc) is 2.78. The van der Waals surface area contributed by atoms with Crippen LogP contribution in [0.2, 0.25) is 18.1 Å². The van der Waals surface area contributed by atoms with Gasteiger partial charge in [0.05, 0.1) is 28.4 Å². The van der Waals surface area contributed by atoms with Crippen molar-refractivity contribution in [2.24, 2.45) is 0 Å². The topological polar surface area (TPSA) is 46.2 Å². The molecule has 186 valence electrons. The standard InChI is InChI=1S/C28H40O5Si/c1-28(2,3)34(8,9)33-26-22-14-12-10-11-13-20(21(22)15-16-23(26)29-4)19-17-24(30-5)27(32-7)25(18-19)31-6/h13,15-18H,10-12,14H2,1-9H3. The maximum absolute atomic E-state index is 6.91. The molecule has 0 saturated heterocycles. The predicted molar refractivity (Wildman–Crippen MR) is 142 cm³/mol. The quantitative estimate of drug-likeness (QED) is 0.387. The largest absolute Gasteiger partial charge is 0.541 e. The van der Waals surface area contributed by atoms with Gasteiger partial charge in [0.2, 0.25) is 5.75 Å². The van der Waals surface area contributed by atoms with Gasteiger partial charge < -0.3 is 23.4 Å². The Hall–Kier alpha value is -2.60. The molecule has 0 atom stereocenters.